The molecule has 0 aliphatic carbocycles. The highest BCUT2D eigenvalue weighted by Gasteiger charge is 2.12. The SMILES string of the molecule is COC(=O)c1ccc(C(=O)NCc2nnc3ccc(-c4cccs4)nn23)cc1. The molecular weight excluding hydrogens is 378 g/mol. The average Bonchev–Trinajstić information content (AvgIpc) is 3.41. The van der Waals surface area contributed by atoms with Crippen LogP contribution in [0.15, 0.2) is 53.9 Å². The number of nitrogens with zero attached hydrogens (tertiary/aromatic N) is 4. The second kappa shape index (κ2) is 7.57. The Balaban J connectivity index is 1.50. The van der Waals surface area contributed by atoms with E-state index in [1.807, 2.05) is 29.6 Å². The number of ether oxygens (including phenoxy) is 1. The summed E-state index contributed by atoms with van der Waals surface area (Å²) in [4.78, 5) is 24.9. The van der Waals surface area contributed by atoms with E-state index in [2.05, 4.69) is 25.3 Å². The van der Waals surface area contributed by atoms with Crippen molar-refractivity contribution in [2.45, 2.75) is 6.54 Å². The van der Waals surface area contributed by atoms with E-state index >= 15 is 0 Å². The van der Waals surface area contributed by atoms with Crippen LogP contribution in [-0.2, 0) is 11.3 Å². The fourth-order valence-electron chi connectivity index (χ4n) is 2.64. The topological polar surface area (TPSA) is 98.5 Å². The summed E-state index contributed by atoms with van der Waals surface area (Å²) in [5, 5.41) is 17.5. The van der Waals surface area contributed by atoms with Crippen LogP contribution in [0.2, 0.25) is 0 Å². The van der Waals surface area contributed by atoms with Gasteiger partial charge in [-0.3, -0.25) is 4.79 Å². The van der Waals surface area contributed by atoms with Crippen LogP contribution in [0.25, 0.3) is 16.2 Å². The molecule has 0 aliphatic heterocycles. The first-order valence-corrected chi connectivity index (χ1v) is 9.25. The van der Waals surface area contributed by atoms with Crippen molar-refractivity contribution in [2.24, 2.45) is 0 Å². The van der Waals surface area contributed by atoms with Gasteiger partial charge in [-0.2, -0.15) is 9.61 Å². The van der Waals surface area contributed by atoms with E-state index in [0.29, 0.717) is 22.6 Å². The van der Waals surface area contributed by atoms with Gasteiger partial charge in [-0.25, -0.2) is 4.79 Å². The van der Waals surface area contributed by atoms with Gasteiger partial charge >= 0.3 is 5.97 Å². The Morgan fingerprint density at radius 2 is 1.86 bits per heavy atom. The standard InChI is InChI=1S/C19H15N5O3S/c1-27-19(26)13-6-4-12(5-7-13)18(25)20-11-17-22-21-16-9-8-14(23-24(16)17)15-3-2-10-28-15/h2-10H,11H2,1H3,(H,20,25). The summed E-state index contributed by atoms with van der Waals surface area (Å²) in [6.07, 6.45) is 0. The number of benzene rings is 1. The summed E-state index contributed by atoms with van der Waals surface area (Å²) in [6.45, 7) is 0.166. The van der Waals surface area contributed by atoms with Crippen LogP contribution in [0, 0.1) is 0 Å². The Morgan fingerprint density at radius 1 is 1.07 bits per heavy atom. The molecule has 28 heavy (non-hydrogen) atoms. The van der Waals surface area contributed by atoms with Crippen molar-refractivity contribution in [3.8, 4) is 10.6 Å². The number of methoxy groups -OCH3 is 1. The molecule has 0 atom stereocenters. The molecule has 0 saturated heterocycles. The molecule has 1 amide bonds. The average molecular weight is 393 g/mol. The zero-order valence-corrected chi connectivity index (χ0v) is 15.6. The molecular formula is C19H15N5O3S. The van der Waals surface area contributed by atoms with Gasteiger partial charge in [0.15, 0.2) is 11.5 Å². The monoisotopic (exact) mass is 393 g/mol. The van der Waals surface area contributed by atoms with E-state index in [9.17, 15) is 9.59 Å². The van der Waals surface area contributed by atoms with Crippen LogP contribution in [0.4, 0.5) is 0 Å². The molecule has 4 rings (SSSR count). The molecule has 3 heterocycles. The van der Waals surface area contributed by atoms with Crippen molar-refractivity contribution in [3.63, 3.8) is 0 Å². The summed E-state index contributed by atoms with van der Waals surface area (Å²) in [5.74, 6) is -0.218. The lowest BCUT2D eigenvalue weighted by atomic mass is 10.1. The minimum Gasteiger partial charge on any atom is -0.465 e. The number of carbonyl (C=O) groups is 2. The van der Waals surface area contributed by atoms with Crippen molar-refractivity contribution in [3.05, 3.63) is 70.9 Å². The van der Waals surface area contributed by atoms with Gasteiger partial charge in [0.2, 0.25) is 0 Å². The smallest absolute Gasteiger partial charge is 0.337 e. The molecule has 1 N–H and O–H groups in total. The first kappa shape index (κ1) is 17.8. The number of hydrogen-bond donors (Lipinski definition) is 1. The fraction of sp³-hybridized carbons (Fsp3) is 0.105. The van der Waals surface area contributed by atoms with Crippen molar-refractivity contribution in [1.82, 2.24) is 25.1 Å². The van der Waals surface area contributed by atoms with Gasteiger partial charge in [0.05, 0.1) is 24.1 Å². The van der Waals surface area contributed by atoms with Gasteiger partial charge in [0.1, 0.15) is 5.69 Å². The van der Waals surface area contributed by atoms with Gasteiger partial charge in [-0.15, -0.1) is 21.5 Å². The maximum absolute atomic E-state index is 12.4. The molecule has 0 bridgehead atoms. The number of carbonyl (C=O) groups excluding carboxylic acids is 2. The zero-order valence-electron chi connectivity index (χ0n) is 14.8. The Bertz CT molecular complexity index is 1140. The lowest BCUT2D eigenvalue weighted by Gasteiger charge is -2.05. The number of hydrogen-bond acceptors (Lipinski definition) is 7. The first-order chi connectivity index (χ1) is 13.7. The summed E-state index contributed by atoms with van der Waals surface area (Å²) in [6, 6.07) is 13.9. The Hall–Kier alpha value is -3.59. The van der Waals surface area contributed by atoms with E-state index in [1.165, 1.54) is 7.11 Å². The predicted octanol–water partition coefficient (Wildman–Crippen LogP) is 2.57. The highest BCUT2D eigenvalue weighted by molar-refractivity contribution is 7.13. The fourth-order valence-corrected chi connectivity index (χ4v) is 3.33. The normalized spacial score (nSPS) is 10.8. The maximum atomic E-state index is 12.4. The van der Waals surface area contributed by atoms with Gasteiger partial charge in [0.25, 0.3) is 5.91 Å². The van der Waals surface area contributed by atoms with Crippen LogP contribution >= 0.6 is 11.3 Å². The van der Waals surface area contributed by atoms with E-state index in [0.717, 1.165) is 10.6 Å². The molecule has 9 heteroatoms. The lowest BCUT2D eigenvalue weighted by molar-refractivity contribution is 0.0600. The Labute approximate surface area is 163 Å². The third-order valence-corrected chi connectivity index (χ3v) is 4.97. The Kier molecular flexibility index (Phi) is 4.81. The van der Waals surface area contributed by atoms with E-state index in [4.69, 9.17) is 0 Å². The van der Waals surface area contributed by atoms with E-state index in [1.54, 1.807) is 40.1 Å². The highest BCUT2D eigenvalue weighted by atomic mass is 32.1. The minimum atomic E-state index is -0.450. The molecule has 4 aromatic rings. The number of nitrogens with one attached hydrogen (secondary N) is 1. The minimum absolute atomic E-state index is 0.166. The third kappa shape index (κ3) is 3.47. The van der Waals surface area contributed by atoms with Crippen LogP contribution in [-0.4, -0.2) is 38.8 Å². The van der Waals surface area contributed by atoms with Gasteiger partial charge < -0.3 is 10.1 Å². The number of rotatable bonds is 5. The van der Waals surface area contributed by atoms with Gasteiger partial charge in [0, 0.05) is 5.56 Å². The number of esters is 1. The quantitative estimate of drug-likeness (QED) is 0.523. The molecule has 0 aliphatic rings. The second-order valence-corrected chi connectivity index (χ2v) is 6.78. The molecule has 3 aromatic heterocycles. The van der Waals surface area contributed by atoms with E-state index < -0.39 is 5.97 Å². The molecule has 0 radical (unpaired) electrons. The molecule has 0 fully saturated rings. The molecule has 0 unspecified atom stereocenters. The summed E-state index contributed by atoms with van der Waals surface area (Å²) < 4.78 is 6.27. The van der Waals surface area contributed by atoms with Crippen molar-refractivity contribution >= 4 is 28.9 Å². The summed E-state index contributed by atoms with van der Waals surface area (Å²) >= 11 is 1.59. The number of fused-ring (bicyclic) bond motifs is 1. The lowest BCUT2D eigenvalue weighted by Crippen LogP contribution is -2.24. The third-order valence-electron chi connectivity index (χ3n) is 4.08. The second-order valence-electron chi connectivity index (χ2n) is 5.83. The largest absolute Gasteiger partial charge is 0.465 e. The molecule has 1 aromatic carbocycles. The van der Waals surface area contributed by atoms with Crippen LogP contribution in [0.3, 0.4) is 0 Å². The predicted molar refractivity (Wildman–Crippen MR) is 103 cm³/mol. The van der Waals surface area contributed by atoms with Crippen LogP contribution < -0.4 is 5.32 Å². The van der Waals surface area contributed by atoms with Crippen LogP contribution in [0.1, 0.15) is 26.5 Å². The number of aromatic nitrogens is 4. The van der Waals surface area contributed by atoms with Gasteiger partial charge in [-0.1, -0.05) is 6.07 Å². The maximum Gasteiger partial charge on any atom is 0.337 e. The Morgan fingerprint density at radius 3 is 2.57 bits per heavy atom. The summed E-state index contributed by atoms with van der Waals surface area (Å²) in [5.41, 5.74) is 2.22. The highest BCUT2D eigenvalue weighted by Crippen LogP contribution is 2.22. The number of amides is 1. The summed E-state index contributed by atoms with van der Waals surface area (Å²) in [7, 11) is 1.31. The zero-order chi connectivity index (χ0) is 19.5. The van der Waals surface area contributed by atoms with Gasteiger partial charge in [-0.05, 0) is 47.8 Å². The molecule has 140 valence electrons. The first-order valence-electron chi connectivity index (χ1n) is 8.37. The van der Waals surface area contributed by atoms with E-state index in [-0.39, 0.29) is 12.5 Å². The van der Waals surface area contributed by atoms with Crippen molar-refractivity contribution < 1.29 is 14.3 Å². The molecule has 0 spiro atoms. The molecule has 8 nitrogen and oxygen atoms in total. The molecule has 0 saturated carbocycles. The van der Waals surface area contributed by atoms with Crippen molar-refractivity contribution in [1.29, 1.82) is 0 Å². The number of thiophene rings is 1. The van der Waals surface area contributed by atoms with Crippen molar-refractivity contribution in [2.75, 3.05) is 7.11 Å². The van der Waals surface area contributed by atoms with Crippen LogP contribution in [0.5, 0.6) is 0 Å².